The van der Waals surface area contributed by atoms with Crippen molar-refractivity contribution in [2.75, 3.05) is 0 Å². The van der Waals surface area contributed by atoms with Gasteiger partial charge in [-0.3, -0.25) is 0 Å². The van der Waals surface area contributed by atoms with Crippen LogP contribution in [0.5, 0.6) is 11.6 Å². The van der Waals surface area contributed by atoms with Crippen molar-refractivity contribution in [1.82, 2.24) is 10.2 Å². The first kappa shape index (κ1) is 9.02. The van der Waals surface area contributed by atoms with Gasteiger partial charge in [-0.1, -0.05) is 12.1 Å². The van der Waals surface area contributed by atoms with Crippen LogP contribution >= 0.6 is 12.6 Å². The molecular formula is C10H8N2OS. The topological polar surface area (TPSA) is 35.0 Å². The second kappa shape index (κ2) is 4.11. The summed E-state index contributed by atoms with van der Waals surface area (Å²) < 4.78 is 5.46. The minimum absolute atomic E-state index is 0.467. The van der Waals surface area contributed by atoms with E-state index < -0.39 is 0 Å². The zero-order valence-electron chi connectivity index (χ0n) is 7.29. The second-order valence-corrected chi connectivity index (χ2v) is 3.11. The molecule has 0 unspecified atom stereocenters. The SMILES string of the molecule is Sc1ccccc1Oc1cccnn1. The Morgan fingerprint density at radius 3 is 2.64 bits per heavy atom. The Bertz CT molecular complexity index is 419. The average Bonchev–Trinajstić information content (AvgIpc) is 2.23. The van der Waals surface area contributed by atoms with Crippen molar-refractivity contribution in [3.8, 4) is 11.6 Å². The van der Waals surface area contributed by atoms with Gasteiger partial charge in [-0.25, -0.2) is 0 Å². The normalized spacial score (nSPS) is 9.79. The maximum Gasteiger partial charge on any atom is 0.238 e. The highest BCUT2D eigenvalue weighted by Gasteiger charge is 2.00. The molecule has 0 aliphatic carbocycles. The van der Waals surface area contributed by atoms with Crippen LogP contribution in [0.25, 0.3) is 0 Å². The van der Waals surface area contributed by atoms with Gasteiger partial charge in [0.15, 0.2) is 0 Å². The van der Waals surface area contributed by atoms with E-state index >= 15 is 0 Å². The molecule has 0 spiro atoms. The molecule has 2 rings (SSSR count). The number of benzene rings is 1. The van der Waals surface area contributed by atoms with Crippen LogP contribution in [-0.2, 0) is 0 Å². The Morgan fingerprint density at radius 2 is 1.93 bits per heavy atom. The third-order valence-electron chi connectivity index (χ3n) is 1.63. The van der Waals surface area contributed by atoms with Gasteiger partial charge in [-0.15, -0.1) is 17.7 Å². The largest absolute Gasteiger partial charge is 0.436 e. The van der Waals surface area contributed by atoms with Gasteiger partial charge in [-0.05, 0) is 18.2 Å². The van der Waals surface area contributed by atoms with Crippen molar-refractivity contribution in [3.63, 3.8) is 0 Å². The molecule has 0 amide bonds. The fourth-order valence-electron chi connectivity index (χ4n) is 0.998. The Labute approximate surface area is 87.2 Å². The summed E-state index contributed by atoms with van der Waals surface area (Å²) >= 11 is 4.25. The molecule has 0 saturated carbocycles. The van der Waals surface area contributed by atoms with Crippen molar-refractivity contribution >= 4 is 12.6 Å². The lowest BCUT2D eigenvalue weighted by Crippen LogP contribution is -1.89. The van der Waals surface area contributed by atoms with Crippen LogP contribution in [0.3, 0.4) is 0 Å². The van der Waals surface area contributed by atoms with Crippen molar-refractivity contribution < 1.29 is 4.74 Å². The summed E-state index contributed by atoms with van der Waals surface area (Å²) in [6.45, 7) is 0. The molecule has 0 fully saturated rings. The third kappa shape index (κ3) is 2.03. The van der Waals surface area contributed by atoms with Crippen LogP contribution in [0.1, 0.15) is 0 Å². The van der Waals surface area contributed by atoms with E-state index in [1.54, 1.807) is 18.3 Å². The maximum atomic E-state index is 5.46. The fraction of sp³-hybridized carbons (Fsp3) is 0. The summed E-state index contributed by atoms with van der Waals surface area (Å²) in [6, 6.07) is 11.0. The maximum absolute atomic E-state index is 5.46. The number of para-hydroxylation sites is 1. The quantitative estimate of drug-likeness (QED) is 0.763. The second-order valence-electron chi connectivity index (χ2n) is 2.63. The summed E-state index contributed by atoms with van der Waals surface area (Å²) in [5.74, 6) is 1.14. The van der Waals surface area contributed by atoms with Crippen LogP contribution in [0.2, 0.25) is 0 Å². The minimum Gasteiger partial charge on any atom is -0.436 e. The Morgan fingerprint density at radius 1 is 1.07 bits per heavy atom. The summed E-state index contributed by atoms with van der Waals surface area (Å²) in [5, 5.41) is 7.52. The van der Waals surface area contributed by atoms with E-state index in [4.69, 9.17) is 4.74 Å². The van der Waals surface area contributed by atoms with E-state index in [1.165, 1.54) is 0 Å². The molecule has 0 aliphatic rings. The van der Waals surface area contributed by atoms with Crippen molar-refractivity contribution in [3.05, 3.63) is 42.6 Å². The van der Waals surface area contributed by atoms with E-state index in [9.17, 15) is 0 Å². The van der Waals surface area contributed by atoms with Gasteiger partial charge in [0, 0.05) is 17.2 Å². The van der Waals surface area contributed by atoms with Crippen LogP contribution in [-0.4, -0.2) is 10.2 Å². The van der Waals surface area contributed by atoms with Crippen molar-refractivity contribution in [1.29, 1.82) is 0 Å². The number of hydrogen-bond donors (Lipinski definition) is 1. The van der Waals surface area contributed by atoms with E-state index in [0.29, 0.717) is 11.6 Å². The first-order valence-corrected chi connectivity index (χ1v) is 4.54. The Kier molecular flexibility index (Phi) is 2.65. The van der Waals surface area contributed by atoms with E-state index in [-0.39, 0.29) is 0 Å². The number of aromatic nitrogens is 2. The summed E-state index contributed by atoms with van der Waals surface area (Å²) in [5.41, 5.74) is 0. The smallest absolute Gasteiger partial charge is 0.238 e. The van der Waals surface area contributed by atoms with Gasteiger partial charge < -0.3 is 4.74 Å². The average molecular weight is 204 g/mol. The molecule has 0 N–H and O–H groups in total. The lowest BCUT2D eigenvalue weighted by atomic mass is 10.3. The number of ether oxygens (including phenoxy) is 1. The Hall–Kier alpha value is -1.55. The van der Waals surface area contributed by atoms with Crippen molar-refractivity contribution in [2.45, 2.75) is 4.90 Å². The Balaban J connectivity index is 2.24. The molecule has 4 heteroatoms. The number of thiol groups is 1. The predicted octanol–water partition coefficient (Wildman–Crippen LogP) is 2.56. The molecule has 14 heavy (non-hydrogen) atoms. The number of rotatable bonds is 2. The van der Waals surface area contributed by atoms with Gasteiger partial charge in [0.25, 0.3) is 0 Å². The summed E-state index contributed by atoms with van der Waals surface area (Å²) in [4.78, 5) is 0.776. The van der Waals surface area contributed by atoms with Crippen LogP contribution in [0.15, 0.2) is 47.5 Å². The molecule has 0 bridgehead atoms. The summed E-state index contributed by atoms with van der Waals surface area (Å²) in [7, 11) is 0. The monoisotopic (exact) mass is 204 g/mol. The predicted molar refractivity (Wildman–Crippen MR) is 55.8 cm³/mol. The number of hydrogen-bond acceptors (Lipinski definition) is 4. The van der Waals surface area contributed by atoms with Gasteiger partial charge in [0.05, 0.1) is 0 Å². The van der Waals surface area contributed by atoms with E-state index in [0.717, 1.165) is 4.90 Å². The molecule has 0 aliphatic heterocycles. The van der Waals surface area contributed by atoms with Crippen LogP contribution in [0.4, 0.5) is 0 Å². The molecular weight excluding hydrogens is 196 g/mol. The van der Waals surface area contributed by atoms with Gasteiger partial charge >= 0.3 is 0 Å². The minimum atomic E-state index is 0.467. The zero-order chi connectivity index (χ0) is 9.80. The van der Waals surface area contributed by atoms with E-state index in [2.05, 4.69) is 22.8 Å². The fourth-order valence-corrected chi connectivity index (χ4v) is 1.20. The van der Waals surface area contributed by atoms with Gasteiger partial charge in [0.2, 0.25) is 5.88 Å². The summed E-state index contributed by atoms with van der Waals surface area (Å²) in [6.07, 6.45) is 1.60. The molecule has 1 aromatic heterocycles. The first-order valence-electron chi connectivity index (χ1n) is 4.10. The zero-order valence-corrected chi connectivity index (χ0v) is 8.19. The lowest BCUT2D eigenvalue weighted by Gasteiger charge is -2.04. The molecule has 1 heterocycles. The molecule has 1 aromatic carbocycles. The standard InChI is InChI=1S/C10H8N2OS/c14-9-5-2-1-4-8(9)13-10-6-3-7-11-12-10/h1-7,14H. The van der Waals surface area contributed by atoms with Gasteiger partial charge in [-0.2, -0.15) is 5.10 Å². The first-order chi connectivity index (χ1) is 6.86. The highest BCUT2D eigenvalue weighted by Crippen LogP contribution is 2.25. The third-order valence-corrected chi connectivity index (χ3v) is 2.00. The molecule has 2 aromatic rings. The highest BCUT2D eigenvalue weighted by molar-refractivity contribution is 7.80. The molecule has 3 nitrogen and oxygen atoms in total. The number of nitrogens with zero attached hydrogens (tertiary/aromatic N) is 2. The van der Waals surface area contributed by atoms with Crippen LogP contribution < -0.4 is 4.74 Å². The van der Waals surface area contributed by atoms with E-state index in [1.807, 2.05) is 24.3 Å². The highest BCUT2D eigenvalue weighted by atomic mass is 32.1. The molecule has 0 radical (unpaired) electrons. The van der Waals surface area contributed by atoms with Crippen molar-refractivity contribution in [2.24, 2.45) is 0 Å². The molecule has 70 valence electrons. The molecule has 0 atom stereocenters. The van der Waals surface area contributed by atoms with Gasteiger partial charge in [0.1, 0.15) is 5.75 Å². The van der Waals surface area contributed by atoms with Crippen LogP contribution in [0, 0.1) is 0 Å². The lowest BCUT2D eigenvalue weighted by molar-refractivity contribution is 0.445. The molecule has 0 saturated heterocycles.